The summed E-state index contributed by atoms with van der Waals surface area (Å²) in [4.78, 5) is 0. The maximum Gasteiger partial charge on any atom is 0.118 e. The summed E-state index contributed by atoms with van der Waals surface area (Å²) in [6.45, 7) is 0. The molecule has 0 aromatic heterocycles. The minimum Gasteiger partial charge on any atom is -0.491 e. The highest BCUT2D eigenvalue weighted by Gasteiger charge is 2.25. The zero-order valence-corrected chi connectivity index (χ0v) is 7.73. The van der Waals surface area contributed by atoms with Gasteiger partial charge in [-0.2, -0.15) is 10.5 Å². The summed E-state index contributed by atoms with van der Waals surface area (Å²) >= 11 is 0. The summed E-state index contributed by atoms with van der Waals surface area (Å²) in [5.41, 5.74) is 0.634. The van der Waals surface area contributed by atoms with Gasteiger partial charge in [0, 0.05) is 12.0 Å². The van der Waals surface area contributed by atoms with Gasteiger partial charge in [-0.25, -0.2) is 0 Å². The van der Waals surface area contributed by atoms with Crippen molar-refractivity contribution in [3.8, 4) is 12.1 Å². The van der Waals surface area contributed by atoms with Gasteiger partial charge in [0.25, 0.3) is 0 Å². The van der Waals surface area contributed by atoms with E-state index in [0.29, 0.717) is 23.9 Å². The van der Waals surface area contributed by atoms with Gasteiger partial charge in [0.1, 0.15) is 5.76 Å². The Morgan fingerprint density at radius 3 is 2.71 bits per heavy atom. The predicted octanol–water partition coefficient (Wildman–Crippen LogP) is 2.04. The highest BCUT2D eigenvalue weighted by molar-refractivity contribution is 5.35. The van der Waals surface area contributed by atoms with E-state index < -0.39 is 0 Å². The average molecular weight is 186 g/mol. The topological polar surface area (TPSA) is 56.8 Å². The van der Waals surface area contributed by atoms with Crippen LogP contribution in [0.25, 0.3) is 0 Å². The van der Waals surface area contributed by atoms with Crippen LogP contribution in [0.15, 0.2) is 23.5 Å². The van der Waals surface area contributed by atoms with E-state index in [-0.39, 0.29) is 5.92 Å². The lowest BCUT2D eigenvalue weighted by Gasteiger charge is -2.13. The molecule has 3 nitrogen and oxygen atoms in total. The molecule has 0 aromatic rings. The molecule has 0 bridgehead atoms. The van der Waals surface area contributed by atoms with Crippen LogP contribution in [0.5, 0.6) is 0 Å². The molecule has 0 amide bonds. The zero-order chi connectivity index (χ0) is 9.97. The molecule has 0 spiro atoms. The van der Waals surface area contributed by atoms with Crippen LogP contribution in [-0.4, -0.2) is 6.10 Å². The Kier molecular flexibility index (Phi) is 2.24. The number of nitrogens with zero attached hydrogens (tertiary/aromatic N) is 2. The molecule has 2 aliphatic carbocycles. The molecular formula is C11H10N2O. The lowest BCUT2D eigenvalue weighted by atomic mass is 9.95. The number of rotatable bonds is 2. The van der Waals surface area contributed by atoms with Crippen molar-refractivity contribution in [1.82, 2.24) is 0 Å². The van der Waals surface area contributed by atoms with E-state index in [9.17, 15) is 0 Å². The van der Waals surface area contributed by atoms with Crippen molar-refractivity contribution in [2.24, 2.45) is 5.92 Å². The van der Waals surface area contributed by atoms with Crippen molar-refractivity contribution < 1.29 is 4.74 Å². The van der Waals surface area contributed by atoms with Gasteiger partial charge >= 0.3 is 0 Å². The molecule has 0 aliphatic heterocycles. The second-order valence-corrected chi connectivity index (χ2v) is 3.61. The minimum atomic E-state index is -0.205. The molecule has 2 aliphatic rings. The van der Waals surface area contributed by atoms with E-state index in [1.54, 1.807) is 12.2 Å². The van der Waals surface area contributed by atoms with Gasteiger partial charge in [-0.15, -0.1) is 0 Å². The molecule has 1 saturated carbocycles. The molecule has 0 N–H and O–H groups in total. The third kappa shape index (κ3) is 1.95. The van der Waals surface area contributed by atoms with Gasteiger partial charge in [-0.3, -0.25) is 0 Å². The molecule has 2 rings (SSSR count). The van der Waals surface area contributed by atoms with E-state index in [4.69, 9.17) is 15.3 Å². The summed E-state index contributed by atoms with van der Waals surface area (Å²) in [7, 11) is 0. The number of allylic oxidation sites excluding steroid dienone is 3. The highest BCUT2D eigenvalue weighted by atomic mass is 16.5. The molecule has 1 atom stereocenters. The lowest BCUT2D eigenvalue weighted by Crippen LogP contribution is -2.05. The van der Waals surface area contributed by atoms with Gasteiger partial charge in [0.2, 0.25) is 0 Å². The maximum absolute atomic E-state index is 8.79. The van der Waals surface area contributed by atoms with Crippen LogP contribution in [0.4, 0.5) is 0 Å². The molecular weight excluding hydrogens is 176 g/mol. The van der Waals surface area contributed by atoms with Gasteiger partial charge < -0.3 is 4.74 Å². The first-order chi connectivity index (χ1) is 6.81. The smallest absolute Gasteiger partial charge is 0.118 e. The largest absolute Gasteiger partial charge is 0.491 e. The molecule has 1 unspecified atom stereocenters. The van der Waals surface area contributed by atoms with Crippen LogP contribution in [-0.2, 0) is 4.74 Å². The second-order valence-electron chi connectivity index (χ2n) is 3.61. The standard InChI is InChI=1S/C11H10N2O/c12-6-8-3-9(7-13)5-11(4-8)14-10-1-2-10/h4-5,8,10H,1-3H2. The van der Waals surface area contributed by atoms with Gasteiger partial charge in [-0.1, -0.05) is 0 Å². The highest BCUT2D eigenvalue weighted by Crippen LogP contribution is 2.30. The van der Waals surface area contributed by atoms with Gasteiger partial charge in [0.15, 0.2) is 0 Å². The average Bonchev–Trinajstić information content (AvgIpc) is 3.01. The third-order valence-corrected chi connectivity index (χ3v) is 2.26. The Labute approximate surface area is 82.9 Å². The van der Waals surface area contributed by atoms with Crippen molar-refractivity contribution in [2.45, 2.75) is 25.4 Å². The third-order valence-electron chi connectivity index (χ3n) is 2.26. The monoisotopic (exact) mass is 186 g/mol. The molecule has 0 heterocycles. The summed E-state index contributed by atoms with van der Waals surface area (Å²) in [6, 6.07) is 4.22. The van der Waals surface area contributed by atoms with Crippen LogP contribution in [0.2, 0.25) is 0 Å². The quantitative estimate of drug-likeness (QED) is 0.663. The Bertz CT molecular complexity index is 377. The summed E-state index contributed by atoms with van der Waals surface area (Å²) in [5.74, 6) is 0.491. The first-order valence-corrected chi connectivity index (χ1v) is 4.70. The first-order valence-electron chi connectivity index (χ1n) is 4.70. The molecule has 0 saturated heterocycles. The van der Waals surface area contributed by atoms with Crippen molar-refractivity contribution in [1.29, 1.82) is 10.5 Å². The van der Waals surface area contributed by atoms with Crippen LogP contribution >= 0.6 is 0 Å². The number of hydrogen-bond acceptors (Lipinski definition) is 3. The Morgan fingerprint density at radius 1 is 1.36 bits per heavy atom. The van der Waals surface area contributed by atoms with E-state index in [2.05, 4.69) is 12.1 Å². The van der Waals surface area contributed by atoms with Crippen molar-refractivity contribution in [3.63, 3.8) is 0 Å². The Balaban J connectivity index is 2.12. The van der Waals surface area contributed by atoms with Gasteiger partial charge in [-0.05, 0) is 25.0 Å². The van der Waals surface area contributed by atoms with Crippen LogP contribution in [0, 0.1) is 28.6 Å². The van der Waals surface area contributed by atoms with E-state index >= 15 is 0 Å². The maximum atomic E-state index is 8.79. The normalized spacial score (nSPS) is 25.4. The first kappa shape index (κ1) is 8.84. The Hall–Kier alpha value is -1.74. The molecule has 3 heteroatoms. The molecule has 0 radical (unpaired) electrons. The fourth-order valence-electron chi connectivity index (χ4n) is 1.39. The van der Waals surface area contributed by atoms with Crippen molar-refractivity contribution in [2.75, 3.05) is 0 Å². The molecule has 0 aromatic carbocycles. The Morgan fingerprint density at radius 2 is 2.14 bits per heavy atom. The SMILES string of the molecule is N#CC1=CC(OC2CC2)=CC(C#N)C1. The predicted molar refractivity (Wildman–Crippen MR) is 49.6 cm³/mol. The number of hydrogen-bond donors (Lipinski definition) is 0. The van der Waals surface area contributed by atoms with Gasteiger partial charge in [0.05, 0.1) is 24.2 Å². The van der Waals surface area contributed by atoms with E-state index in [0.717, 1.165) is 12.8 Å². The summed E-state index contributed by atoms with van der Waals surface area (Å²) in [6.07, 6.45) is 6.56. The van der Waals surface area contributed by atoms with Crippen molar-refractivity contribution >= 4 is 0 Å². The van der Waals surface area contributed by atoms with Crippen LogP contribution < -0.4 is 0 Å². The molecule has 70 valence electrons. The van der Waals surface area contributed by atoms with Crippen LogP contribution in [0.1, 0.15) is 19.3 Å². The van der Waals surface area contributed by atoms with Crippen LogP contribution in [0.3, 0.4) is 0 Å². The molecule has 14 heavy (non-hydrogen) atoms. The number of ether oxygens (including phenoxy) is 1. The zero-order valence-electron chi connectivity index (χ0n) is 7.73. The fraction of sp³-hybridized carbons (Fsp3) is 0.455. The van der Waals surface area contributed by atoms with E-state index in [1.807, 2.05) is 0 Å². The number of nitriles is 2. The van der Waals surface area contributed by atoms with E-state index in [1.165, 1.54) is 0 Å². The lowest BCUT2D eigenvalue weighted by molar-refractivity contribution is 0.205. The second kappa shape index (κ2) is 3.55. The molecule has 1 fully saturated rings. The minimum absolute atomic E-state index is 0.205. The summed E-state index contributed by atoms with van der Waals surface area (Å²) < 4.78 is 5.55. The fourth-order valence-corrected chi connectivity index (χ4v) is 1.39. The summed E-state index contributed by atoms with van der Waals surface area (Å²) in [5, 5.41) is 17.5. The van der Waals surface area contributed by atoms with Crippen molar-refractivity contribution in [3.05, 3.63) is 23.5 Å².